The molecule has 0 unspecified atom stereocenters. The van der Waals surface area contributed by atoms with Crippen LogP contribution in [0.25, 0.3) is 0 Å². The second-order valence-corrected chi connectivity index (χ2v) is 4.90. The minimum absolute atomic E-state index is 0.580. The van der Waals surface area contributed by atoms with Crippen LogP contribution in [0.3, 0.4) is 0 Å². The molecule has 0 spiro atoms. The van der Waals surface area contributed by atoms with Crippen molar-refractivity contribution in [1.29, 1.82) is 5.26 Å². The average molecular weight is 271 g/mol. The Morgan fingerprint density at radius 1 is 1.21 bits per heavy atom. The van der Waals surface area contributed by atoms with E-state index in [9.17, 15) is 0 Å². The molecule has 1 N–H and O–H groups in total. The Morgan fingerprint density at radius 3 is 2.79 bits per heavy atom. The van der Waals surface area contributed by atoms with Crippen LogP contribution >= 0.6 is 11.6 Å². The largest absolute Gasteiger partial charge is 0.384 e. The SMILES string of the molecule is Cc1cccc(CCNc2ccc(Cl)cc2C#N)c1. The van der Waals surface area contributed by atoms with Gasteiger partial charge < -0.3 is 5.32 Å². The Labute approximate surface area is 118 Å². The molecular weight excluding hydrogens is 256 g/mol. The van der Waals surface area contributed by atoms with Crippen molar-refractivity contribution in [3.05, 3.63) is 64.2 Å². The van der Waals surface area contributed by atoms with Crippen LogP contribution in [0.5, 0.6) is 0 Å². The van der Waals surface area contributed by atoms with Crippen LogP contribution in [-0.2, 0) is 6.42 Å². The van der Waals surface area contributed by atoms with Gasteiger partial charge in [0.05, 0.1) is 11.3 Å². The number of benzene rings is 2. The topological polar surface area (TPSA) is 35.8 Å². The van der Waals surface area contributed by atoms with E-state index < -0.39 is 0 Å². The Kier molecular flexibility index (Phi) is 4.43. The van der Waals surface area contributed by atoms with Gasteiger partial charge in [-0.3, -0.25) is 0 Å². The van der Waals surface area contributed by atoms with Gasteiger partial charge in [0.2, 0.25) is 0 Å². The number of nitrogens with zero attached hydrogens (tertiary/aromatic N) is 1. The molecule has 19 heavy (non-hydrogen) atoms. The first-order valence-corrected chi connectivity index (χ1v) is 6.56. The minimum Gasteiger partial charge on any atom is -0.384 e. The van der Waals surface area contributed by atoms with Gasteiger partial charge in [0.25, 0.3) is 0 Å². The van der Waals surface area contributed by atoms with Gasteiger partial charge in [-0.2, -0.15) is 5.26 Å². The molecule has 0 aliphatic heterocycles. The summed E-state index contributed by atoms with van der Waals surface area (Å²) in [4.78, 5) is 0. The van der Waals surface area contributed by atoms with Crippen molar-refractivity contribution in [2.24, 2.45) is 0 Å². The van der Waals surface area contributed by atoms with Gasteiger partial charge in [-0.25, -0.2) is 0 Å². The molecule has 0 fully saturated rings. The van der Waals surface area contributed by atoms with Crippen molar-refractivity contribution in [3.63, 3.8) is 0 Å². The molecule has 2 nitrogen and oxygen atoms in total. The Morgan fingerprint density at radius 2 is 2.05 bits per heavy atom. The lowest BCUT2D eigenvalue weighted by molar-refractivity contribution is 1.02. The molecule has 96 valence electrons. The molecule has 0 radical (unpaired) electrons. The van der Waals surface area contributed by atoms with E-state index >= 15 is 0 Å². The lowest BCUT2D eigenvalue weighted by atomic mass is 10.1. The fourth-order valence-corrected chi connectivity index (χ4v) is 2.14. The molecule has 0 saturated carbocycles. The van der Waals surface area contributed by atoms with E-state index in [4.69, 9.17) is 16.9 Å². The number of nitrogens with one attached hydrogen (secondary N) is 1. The van der Waals surface area contributed by atoms with Gasteiger partial charge in [0, 0.05) is 11.6 Å². The predicted octanol–water partition coefficient (Wildman–Crippen LogP) is 4.17. The maximum atomic E-state index is 9.05. The summed E-state index contributed by atoms with van der Waals surface area (Å²) in [7, 11) is 0. The van der Waals surface area contributed by atoms with E-state index in [-0.39, 0.29) is 0 Å². The van der Waals surface area contributed by atoms with Crippen LogP contribution < -0.4 is 5.32 Å². The lowest BCUT2D eigenvalue weighted by Gasteiger charge is -2.09. The fourth-order valence-electron chi connectivity index (χ4n) is 1.97. The van der Waals surface area contributed by atoms with E-state index in [1.807, 2.05) is 6.07 Å². The van der Waals surface area contributed by atoms with E-state index in [1.165, 1.54) is 11.1 Å². The normalized spacial score (nSPS) is 9.95. The van der Waals surface area contributed by atoms with E-state index in [0.29, 0.717) is 10.6 Å². The van der Waals surface area contributed by atoms with Gasteiger partial charge in [-0.15, -0.1) is 0 Å². The fraction of sp³-hybridized carbons (Fsp3) is 0.188. The zero-order valence-corrected chi connectivity index (χ0v) is 11.5. The molecule has 2 aromatic rings. The third kappa shape index (κ3) is 3.74. The van der Waals surface area contributed by atoms with Crippen molar-refractivity contribution in [3.8, 4) is 6.07 Å². The molecule has 2 aromatic carbocycles. The zero-order valence-electron chi connectivity index (χ0n) is 10.8. The van der Waals surface area contributed by atoms with Gasteiger partial charge in [-0.1, -0.05) is 41.4 Å². The highest BCUT2D eigenvalue weighted by molar-refractivity contribution is 6.30. The summed E-state index contributed by atoms with van der Waals surface area (Å²) < 4.78 is 0. The Balaban J connectivity index is 1.98. The summed E-state index contributed by atoms with van der Waals surface area (Å²) in [6, 6.07) is 15.9. The van der Waals surface area contributed by atoms with Crippen molar-refractivity contribution in [2.75, 3.05) is 11.9 Å². The van der Waals surface area contributed by atoms with Gasteiger partial charge in [-0.05, 0) is 37.1 Å². The number of nitriles is 1. The number of rotatable bonds is 4. The number of anilines is 1. The summed E-state index contributed by atoms with van der Waals surface area (Å²) in [6.07, 6.45) is 0.926. The third-order valence-corrected chi connectivity index (χ3v) is 3.15. The summed E-state index contributed by atoms with van der Waals surface area (Å²) in [6.45, 7) is 2.88. The molecule has 2 rings (SSSR count). The summed E-state index contributed by atoms with van der Waals surface area (Å²) in [5, 5.41) is 12.9. The molecule has 0 heterocycles. The van der Waals surface area contributed by atoms with E-state index in [2.05, 4.69) is 42.6 Å². The molecular formula is C16H15ClN2. The van der Waals surface area contributed by atoms with Crippen LogP contribution in [0.2, 0.25) is 5.02 Å². The molecule has 0 aliphatic carbocycles. The number of hydrogen-bond donors (Lipinski definition) is 1. The van der Waals surface area contributed by atoms with Gasteiger partial charge >= 0.3 is 0 Å². The lowest BCUT2D eigenvalue weighted by Crippen LogP contribution is -2.06. The van der Waals surface area contributed by atoms with Gasteiger partial charge in [0.15, 0.2) is 0 Å². The molecule has 0 amide bonds. The van der Waals surface area contributed by atoms with Crippen LogP contribution in [0, 0.1) is 18.3 Å². The monoisotopic (exact) mass is 270 g/mol. The summed E-state index contributed by atoms with van der Waals surface area (Å²) >= 11 is 5.86. The van der Waals surface area contributed by atoms with Crippen molar-refractivity contribution in [1.82, 2.24) is 0 Å². The van der Waals surface area contributed by atoms with Crippen LogP contribution in [0.1, 0.15) is 16.7 Å². The third-order valence-electron chi connectivity index (χ3n) is 2.91. The molecule has 0 aliphatic rings. The van der Waals surface area contributed by atoms with Crippen LogP contribution in [0.15, 0.2) is 42.5 Å². The van der Waals surface area contributed by atoms with Crippen molar-refractivity contribution in [2.45, 2.75) is 13.3 Å². The first kappa shape index (κ1) is 13.5. The zero-order chi connectivity index (χ0) is 13.7. The first-order chi connectivity index (χ1) is 9.19. The van der Waals surface area contributed by atoms with E-state index in [1.54, 1.807) is 12.1 Å². The number of hydrogen-bond acceptors (Lipinski definition) is 2. The standard InChI is InChI=1S/C16H15ClN2/c1-12-3-2-4-13(9-12)7-8-19-16-6-5-15(17)10-14(16)11-18/h2-6,9-10,19H,7-8H2,1H3. The van der Waals surface area contributed by atoms with Crippen molar-refractivity contribution < 1.29 is 0 Å². The highest BCUT2D eigenvalue weighted by Gasteiger charge is 2.02. The second kappa shape index (κ2) is 6.26. The van der Waals surface area contributed by atoms with Crippen LogP contribution in [0.4, 0.5) is 5.69 Å². The predicted molar refractivity (Wildman–Crippen MR) is 79.5 cm³/mol. The second-order valence-electron chi connectivity index (χ2n) is 4.47. The smallest absolute Gasteiger partial charge is 0.101 e. The van der Waals surface area contributed by atoms with Crippen molar-refractivity contribution >= 4 is 17.3 Å². The molecule has 0 bridgehead atoms. The van der Waals surface area contributed by atoms with Gasteiger partial charge in [0.1, 0.15) is 6.07 Å². The maximum Gasteiger partial charge on any atom is 0.101 e. The highest BCUT2D eigenvalue weighted by atomic mass is 35.5. The van der Waals surface area contributed by atoms with Crippen LogP contribution in [-0.4, -0.2) is 6.54 Å². The minimum atomic E-state index is 0.580. The first-order valence-electron chi connectivity index (χ1n) is 6.18. The molecule has 0 atom stereocenters. The molecule has 3 heteroatoms. The Bertz CT molecular complexity index is 614. The molecule has 0 saturated heterocycles. The average Bonchev–Trinajstić information content (AvgIpc) is 2.40. The summed E-state index contributed by atoms with van der Waals surface area (Å²) in [5.74, 6) is 0. The summed E-state index contributed by atoms with van der Waals surface area (Å²) in [5.41, 5.74) is 3.97. The maximum absolute atomic E-state index is 9.05. The Hall–Kier alpha value is -1.98. The number of aryl methyl sites for hydroxylation is 1. The quantitative estimate of drug-likeness (QED) is 0.905. The molecule has 0 aromatic heterocycles. The highest BCUT2D eigenvalue weighted by Crippen LogP contribution is 2.19. The van der Waals surface area contributed by atoms with E-state index in [0.717, 1.165) is 18.7 Å². The number of halogens is 1.